The van der Waals surface area contributed by atoms with Crippen LogP contribution in [0.15, 0.2) is 60.3 Å². The average Bonchev–Trinajstić information content (AvgIpc) is 2.71. The first-order valence-electron chi connectivity index (χ1n) is 6.93. The third-order valence-corrected chi connectivity index (χ3v) is 4.08. The van der Waals surface area contributed by atoms with Gasteiger partial charge in [-0.1, -0.05) is 18.2 Å². The Bertz CT molecular complexity index is 756. The van der Waals surface area contributed by atoms with E-state index in [4.69, 9.17) is 0 Å². The van der Waals surface area contributed by atoms with E-state index >= 15 is 0 Å². The van der Waals surface area contributed by atoms with E-state index in [1.807, 2.05) is 18.2 Å². The highest BCUT2D eigenvalue weighted by atomic mass is 19.1. The highest BCUT2D eigenvalue weighted by molar-refractivity contribution is 5.63. The molecule has 2 aromatic rings. The Hall–Kier alpha value is -2.53. The van der Waals surface area contributed by atoms with Crippen molar-refractivity contribution >= 4 is 5.70 Å². The predicted octanol–water partition coefficient (Wildman–Crippen LogP) is 3.98. The fourth-order valence-electron chi connectivity index (χ4n) is 2.79. The molecule has 2 aromatic carbocycles. The van der Waals surface area contributed by atoms with Gasteiger partial charge in [0.25, 0.3) is 5.70 Å². The molecule has 0 fully saturated rings. The van der Waals surface area contributed by atoms with E-state index in [-0.39, 0.29) is 0 Å². The average molecular weight is 298 g/mol. The lowest BCUT2D eigenvalue weighted by Crippen LogP contribution is -2.41. The number of hydrogen-bond acceptors (Lipinski definition) is 3. The zero-order valence-corrected chi connectivity index (χ0v) is 12.3. The summed E-state index contributed by atoms with van der Waals surface area (Å²) in [5.74, 6) is -0.409. The van der Waals surface area contributed by atoms with Crippen molar-refractivity contribution in [2.24, 2.45) is 0 Å². The van der Waals surface area contributed by atoms with Crippen molar-refractivity contribution in [2.75, 3.05) is 0 Å². The summed E-state index contributed by atoms with van der Waals surface area (Å²) in [5, 5.41) is 13.3. The Labute approximate surface area is 127 Å². The van der Waals surface area contributed by atoms with Crippen LogP contribution in [0.4, 0.5) is 4.39 Å². The second-order valence-electron chi connectivity index (χ2n) is 5.42. The second kappa shape index (κ2) is 5.03. The summed E-state index contributed by atoms with van der Waals surface area (Å²) in [4.78, 5) is 12.9. The van der Waals surface area contributed by atoms with E-state index in [2.05, 4.69) is 0 Å². The molecule has 0 aromatic heterocycles. The monoisotopic (exact) mass is 298 g/mol. The normalized spacial score (nSPS) is 21.6. The van der Waals surface area contributed by atoms with Crippen molar-refractivity contribution in [3.63, 3.8) is 0 Å². The first-order chi connectivity index (χ1) is 10.5. The van der Waals surface area contributed by atoms with Gasteiger partial charge < -0.3 is 10.3 Å². The minimum atomic E-state index is -1.44. The molecular weight excluding hydrogens is 283 g/mol. The van der Waals surface area contributed by atoms with E-state index in [0.717, 1.165) is 0 Å². The zero-order chi connectivity index (χ0) is 15.9. The van der Waals surface area contributed by atoms with Crippen LogP contribution in [0.1, 0.15) is 25.0 Å². The third-order valence-electron chi connectivity index (χ3n) is 4.08. The van der Waals surface area contributed by atoms with Gasteiger partial charge in [-0.3, -0.25) is 0 Å². The standard InChI is InChI=1S/C17H15FN2O2/c1-12-16(13-6-4-3-5-7-13)20(22)17(2,19(12)21)14-8-10-15(18)11-9-14/h3-11H,1-2H3. The summed E-state index contributed by atoms with van der Waals surface area (Å²) in [5.41, 5.74) is 0.365. The van der Waals surface area contributed by atoms with Crippen molar-refractivity contribution in [2.45, 2.75) is 19.5 Å². The molecule has 1 aliphatic heterocycles. The van der Waals surface area contributed by atoms with Crippen LogP contribution in [0.5, 0.6) is 0 Å². The molecule has 0 radical (unpaired) electrons. The number of halogens is 1. The van der Waals surface area contributed by atoms with Crippen molar-refractivity contribution in [1.82, 2.24) is 5.06 Å². The van der Waals surface area contributed by atoms with Crippen LogP contribution in [-0.4, -0.2) is 9.82 Å². The fraction of sp³-hybridized carbons (Fsp3) is 0.176. The highest BCUT2D eigenvalue weighted by Crippen LogP contribution is 2.43. The van der Waals surface area contributed by atoms with Gasteiger partial charge in [0.1, 0.15) is 5.82 Å². The minimum Gasteiger partial charge on any atom is -0.753 e. The maximum Gasteiger partial charge on any atom is 0.306 e. The van der Waals surface area contributed by atoms with Crippen LogP contribution in [0.2, 0.25) is 0 Å². The number of nitrogens with zero attached hydrogens (tertiary/aromatic N) is 2. The highest BCUT2D eigenvalue weighted by Gasteiger charge is 2.54. The quantitative estimate of drug-likeness (QED) is 0.788. The van der Waals surface area contributed by atoms with Gasteiger partial charge in [0.05, 0.1) is 16.0 Å². The van der Waals surface area contributed by atoms with Crippen molar-refractivity contribution < 1.29 is 9.15 Å². The Kier molecular flexibility index (Phi) is 3.30. The molecular formula is C17H15FN2O2. The number of rotatable bonds is 2. The molecule has 4 nitrogen and oxygen atoms in total. The van der Waals surface area contributed by atoms with Gasteiger partial charge in [0.2, 0.25) is 0 Å². The van der Waals surface area contributed by atoms with Gasteiger partial charge in [-0.2, -0.15) is 0 Å². The molecule has 0 amide bonds. The molecule has 0 bridgehead atoms. The van der Waals surface area contributed by atoms with Gasteiger partial charge in [0, 0.05) is 17.4 Å². The fourth-order valence-corrected chi connectivity index (χ4v) is 2.79. The zero-order valence-electron chi connectivity index (χ0n) is 12.3. The predicted molar refractivity (Wildman–Crippen MR) is 81.6 cm³/mol. The number of benzene rings is 2. The van der Waals surface area contributed by atoms with E-state index in [9.17, 15) is 14.5 Å². The Morgan fingerprint density at radius 3 is 2.27 bits per heavy atom. The first-order valence-corrected chi connectivity index (χ1v) is 6.93. The smallest absolute Gasteiger partial charge is 0.306 e. The van der Waals surface area contributed by atoms with E-state index < -0.39 is 11.5 Å². The van der Waals surface area contributed by atoms with E-state index in [1.165, 1.54) is 24.3 Å². The molecule has 0 aliphatic carbocycles. The Balaban J connectivity index is 2.11. The van der Waals surface area contributed by atoms with Crippen molar-refractivity contribution in [3.8, 4) is 0 Å². The van der Waals surface area contributed by atoms with Crippen LogP contribution in [-0.2, 0) is 5.66 Å². The number of hydrogen-bond donors (Lipinski definition) is 0. The number of hydroxylamine groups is 2. The van der Waals surface area contributed by atoms with Crippen LogP contribution in [0.3, 0.4) is 0 Å². The molecule has 0 saturated carbocycles. The van der Waals surface area contributed by atoms with Crippen molar-refractivity contribution in [3.05, 3.63) is 87.4 Å². The third kappa shape index (κ3) is 1.94. The maximum atomic E-state index is 13.1. The second-order valence-corrected chi connectivity index (χ2v) is 5.42. The molecule has 0 saturated heterocycles. The van der Waals surface area contributed by atoms with Gasteiger partial charge in [-0.05, 0) is 43.3 Å². The van der Waals surface area contributed by atoms with E-state index in [0.29, 0.717) is 32.3 Å². The Morgan fingerprint density at radius 2 is 1.68 bits per heavy atom. The van der Waals surface area contributed by atoms with Crippen LogP contribution >= 0.6 is 0 Å². The molecule has 0 spiro atoms. The molecule has 3 rings (SSSR count). The van der Waals surface area contributed by atoms with Crippen LogP contribution in [0.25, 0.3) is 5.70 Å². The van der Waals surface area contributed by atoms with Gasteiger partial charge >= 0.3 is 5.66 Å². The number of allylic oxidation sites excluding steroid dienone is 1. The molecule has 1 aliphatic rings. The molecule has 0 N–H and O–H groups in total. The minimum absolute atomic E-state index is 0.336. The lowest BCUT2D eigenvalue weighted by molar-refractivity contribution is -0.565. The summed E-state index contributed by atoms with van der Waals surface area (Å²) in [6.07, 6.45) is 0. The van der Waals surface area contributed by atoms with Gasteiger partial charge in [-0.15, -0.1) is 0 Å². The topological polar surface area (TPSA) is 46.4 Å². The summed E-state index contributed by atoms with van der Waals surface area (Å²) >= 11 is 0. The lowest BCUT2D eigenvalue weighted by Gasteiger charge is -2.35. The van der Waals surface area contributed by atoms with Gasteiger partial charge in [-0.25, -0.2) is 4.39 Å². The summed E-state index contributed by atoms with van der Waals surface area (Å²) in [6, 6.07) is 14.5. The van der Waals surface area contributed by atoms with E-state index in [1.54, 1.807) is 26.0 Å². The molecule has 5 heteroatoms. The summed E-state index contributed by atoms with van der Waals surface area (Å²) in [6.45, 7) is 3.16. The lowest BCUT2D eigenvalue weighted by atomic mass is 10.0. The first kappa shape index (κ1) is 14.4. The SMILES string of the molecule is CC1=C(c2ccccc2)[N+](=O)C(C)(c2ccc(F)cc2)N1[O-]. The van der Waals surface area contributed by atoms with Crippen molar-refractivity contribution in [1.29, 1.82) is 0 Å². The molecule has 1 heterocycles. The molecule has 22 heavy (non-hydrogen) atoms. The van der Waals surface area contributed by atoms with Gasteiger partial charge in [0.15, 0.2) is 0 Å². The summed E-state index contributed by atoms with van der Waals surface area (Å²) < 4.78 is 13.8. The van der Waals surface area contributed by atoms with Crippen LogP contribution in [0, 0.1) is 15.9 Å². The molecule has 1 unspecified atom stereocenters. The summed E-state index contributed by atoms with van der Waals surface area (Å²) in [7, 11) is 0. The maximum absolute atomic E-state index is 13.1. The Morgan fingerprint density at radius 1 is 1.09 bits per heavy atom. The van der Waals surface area contributed by atoms with Crippen LogP contribution < -0.4 is 0 Å². The number of nitroso groups, excluding NO2 is 1. The largest absolute Gasteiger partial charge is 0.753 e. The molecule has 112 valence electrons. The molecule has 1 atom stereocenters.